The van der Waals surface area contributed by atoms with Crippen LogP contribution in [0.25, 0.3) is 0 Å². The molecule has 0 spiro atoms. The number of ether oxygens (including phenoxy) is 2. The second-order valence-electron chi connectivity index (χ2n) is 10.0. The number of rotatable bonds is 15. The third-order valence-electron chi connectivity index (χ3n) is 6.15. The van der Waals surface area contributed by atoms with Crippen molar-refractivity contribution in [3.63, 3.8) is 0 Å². The molecule has 0 bridgehead atoms. The van der Waals surface area contributed by atoms with Crippen LogP contribution in [0.3, 0.4) is 0 Å². The Morgan fingerprint density at radius 2 is 1.33 bits per heavy atom. The van der Waals surface area contributed by atoms with Crippen LogP contribution in [0.1, 0.15) is 33.3 Å². The Morgan fingerprint density at radius 3 is 1.77 bits per heavy atom. The van der Waals surface area contributed by atoms with Crippen molar-refractivity contribution in [1.82, 2.24) is 4.90 Å². The molecule has 0 aliphatic heterocycles. The number of carbonyl (C=O) groups is 2. The molecule has 268 valence electrons. The van der Waals surface area contributed by atoms with E-state index in [9.17, 15) is 22.8 Å². The average Bonchev–Trinajstić information content (AvgIpc) is 3.09. The fraction of sp³-hybridized carbons (Fsp3) is 0.412. The highest BCUT2D eigenvalue weighted by molar-refractivity contribution is 7.99. The molecule has 0 radical (unpaired) electrons. The fourth-order valence-electron chi connectivity index (χ4n) is 3.28. The largest absolute Gasteiger partial charge is 0.465 e. The van der Waals surface area contributed by atoms with Gasteiger partial charge in [0.05, 0.1) is 38.9 Å². The van der Waals surface area contributed by atoms with Gasteiger partial charge in [-0.25, -0.2) is 23.4 Å². The van der Waals surface area contributed by atoms with E-state index in [0.29, 0.717) is 19.6 Å². The van der Waals surface area contributed by atoms with Gasteiger partial charge in [0.15, 0.2) is 0 Å². The number of likely N-dealkylation sites (N-methyl/N-ethyl adjacent to an activating group) is 1. The number of nitrogens with zero attached hydrogens (tertiary/aromatic N) is 1. The summed E-state index contributed by atoms with van der Waals surface area (Å²) in [6.07, 6.45) is 0.681. The standard InChI is InChI=1S/C16H23NO4.C12H10S.C6H11F3O2S.FHO/c1-4-20-15(18)12-17(3)13(2)16(19)21-11-10-14-8-6-5-7-9-14;1-3-7-11(8-4-1)13-12-9-5-2-6-10-12;1-4(2)6(8,9)5(7)12-11-10-3;1-2/h5-9,13H,4,10-12H2,1-3H3;1-10H;4-5H,1-3H3;2H. The van der Waals surface area contributed by atoms with Crippen LogP contribution in [-0.4, -0.2) is 73.5 Å². The van der Waals surface area contributed by atoms with Crippen LogP contribution >= 0.6 is 23.8 Å². The molecular weight excluding hydrogens is 674 g/mol. The Hall–Kier alpha value is -3.14. The lowest BCUT2D eigenvalue weighted by molar-refractivity contribution is -0.166. The van der Waals surface area contributed by atoms with Crippen molar-refractivity contribution in [2.45, 2.75) is 61.4 Å². The van der Waals surface area contributed by atoms with Crippen molar-refractivity contribution in [2.75, 3.05) is 33.9 Å². The first kappa shape index (κ1) is 44.9. The molecule has 14 heteroatoms. The predicted octanol–water partition coefficient (Wildman–Crippen LogP) is 8.16. The molecule has 3 aromatic rings. The van der Waals surface area contributed by atoms with Crippen molar-refractivity contribution in [3.05, 3.63) is 96.6 Å². The van der Waals surface area contributed by atoms with Gasteiger partial charge in [0.1, 0.15) is 6.04 Å². The summed E-state index contributed by atoms with van der Waals surface area (Å²) in [5, 5.41) is 5.50. The number of esters is 2. The van der Waals surface area contributed by atoms with E-state index in [1.54, 1.807) is 37.6 Å². The average molecular weight is 720 g/mol. The second-order valence-corrected chi connectivity index (χ2v) is 11.9. The molecule has 0 aliphatic carbocycles. The van der Waals surface area contributed by atoms with Gasteiger partial charge < -0.3 is 9.47 Å². The number of hydrogen-bond acceptors (Lipinski definition) is 10. The monoisotopic (exact) mass is 719 g/mol. The summed E-state index contributed by atoms with van der Waals surface area (Å²) in [5.41, 5.74) is -1.28. The zero-order chi connectivity index (χ0) is 36.4. The van der Waals surface area contributed by atoms with Gasteiger partial charge in [0.2, 0.25) is 5.50 Å². The molecule has 2 atom stereocenters. The van der Waals surface area contributed by atoms with Crippen LogP contribution < -0.4 is 0 Å². The van der Waals surface area contributed by atoms with Gasteiger partial charge in [-0.1, -0.05) is 96.9 Å². The molecule has 1 N–H and O–H groups in total. The summed E-state index contributed by atoms with van der Waals surface area (Å²) in [5.74, 6) is -5.15. The quantitative estimate of drug-likeness (QED) is 0.0545. The lowest BCUT2D eigenvalue weighted by atomic mass is 10.1. The van der Waals surface area contributed by atoms with E-state index in [1.807, 2.05) is 42.5 Å². The topological polar surface area (TPSA) is 94.5 Å². The van der Waals surface area contributed by atoms with E-state index < -0.39 is 23.4 Å². The molecule has 8 nitrogen and oxygen atoms in total. The molecule has 3 rings (SSSR count). The van der Waals surface area contributed by atoms with E-state index in [0.717, 1.165) is 12.7 Å². The highest BCUT2D eigenvalue weighted by Gasteiger charge is 2.44. The van der Waals surface area contributed by atoms with E-state index in [1.165, 1.54) is 23.6 Å². The molecule has 0 saturated carbocycles. The highest BCUT2D eigenvalue weighted by Crippen LogP contribution is 2.36. The summed E-state index contributed by atoms with van der Waals surface area (Å²) in [6, 6.07) is 30.2. The van der Waals surface area contributed by atoms with E-state index in [-0.39, 0.29) is 30.5 Å². The van der Waals surface area contributed by atoms with Crippen LogP contribution in [0.4, 0.5) is 17.7 Å². The SMILES string of the molecule is CCOC(=O)CN(C)C(C)C(=O)OCCc1ccccc1.COOSC(F)C(F)(F)C(C)C.OF.c1ccc(Sc2ccccc2)cc1. The molecule has 0 fully saturated rings. The summed E-state index contributed by atoms with van der Waals surface area (Å²) in [7, 11) is 2.81. The maximum Gasteiger partial charge on any atom is 0.323 e. The first-order valence-electron chi connectivity index (χ1n) is 14.8. The van der Waals surface area contributed by atoms with Crippen molar-refractivity contribution in [1.29, 1.82) is 0 Å². The molecule has 0 aromatic heterocycles. The Bertz CT molecular complexity index is 1200. The first-order chi connectivity index (χ1) is 22.9. The molecule has 48 heavy (non-hydrogen) atoms. The zero-order valence-electron chi connectivity index (χ0n) is 27.9. The lowest BCUT2D eigenvalue weighted by Crippen LogP contribution is -2.40. The minimum Gasteiger partial charge on any atom is -0.465 e. The molecule has 0 amide bonds. The maximum absolute atomic E-state index is 12.7. The lowest BCUT2D eigenvalue weighted by Gasteiger charge is -2.22. The molecule has 0 aliphatic rings. The van der Waals surface area contributed by atoms with Gasteiger partial charge in [-0.15, -0.1) is 0 Å². The summed E-state index contributed by atoms with van der Waals surface area (Å²) >= 11 is 1.76. The third kappa shape index (κ3) is 19.6. The molecular formula is C34H45F4NO7S2. The van der Waals surface area contributed by atoms with Gasteiger partial charge >= 0.3 is 11.9 Å². The van der Waals surface area contributed by atoms with Crippen LogP contribution in [0.2, 0.25) is 0 Å². The molecule has 0 heterocycles. The highest BCUT2D eigenvalue weighted by atomic mass is 32.2. The zero-order valence-corrected chi connectivity index (χ0v) is 29.5. The van der Waals surface area contributed by atoms with Crippen molar-refractivity contribution in [3.8, 4) is 0 Å². The van der Waals surface area contributed by atoms with Gasteiger partial charge in [-0.3, -0.25) is 14.5 Å². The van der Waals surface area contributed by atoms with E-state index in [4.69, 9.17) is 19.3 Å². The van der Waals surface area contributed by atoms with Gasteiger partial charge in [-0.2, -0.15) is 4.33 Å². The Labute approximate surface area is 289 Å². The van der Waals surface area contributed by atoms with Crippen molar-refractivity contribution < 1.29 is 51.3 Å². The van der Waals surface area contributed by atoms with Gasteiger partial charge in [0, 0.05) is 22.1 Å². The number of carbonyl (C=O) groups excluding carboxylic acids is 2. The second kappa shape index (κ2) is 26.8. The Balaban J connectivity index is 0.000000707. The van der Waals surface area contributed by atoms with Crippen LogP contribution in [-0.2, 0) is 34.7 Å². The van der Waals surface area contributed by atoms with E-state index in [2.05, 4.69) is 57.8 Å². The minimum absolute atomic E-state index is 0.0272. The smallest absolute Gasteiger partial charge is 0.323 e. The van der Waals surface area contributed by atoms with Crippen LogP contribution in [0, 0.1) is 5.92 Å². The van der Waals surface area contributed by atoms with Gasteiger partial charge in [-0.05, 0) is 50.7 Å². The molecule has 2 unspecified atom stereocenters. The Kier molecular flexibility index (Phi) is 25.0. The van der Waals surface area contributed by atoms with E-state index >= 15 is 0 Å². The predicted molar refractivity (Wildman–Crippen MR) is 181 cm³/mol. The van der Waals surface area contributed by atoms with Crippen LogP contribution in [0.5, 0.6) is 0 Å². The number of hydrogen-bond donors (Lipinski definition) is 1. The first-order valence-corrected chi connectivity index (χ1v) is 16.4. The number of alkyl halides is 3. The number of halogens is 4. The Morgan fingerprint density at radius 1 is 0.854 bits per heavy atom. The number of benzene rings is 3. The van der Waals surface area contributed by atoms with Gasteiger partial charge in [0.25, 0.3) is 5.92 Å². The van der Waals surface area contributed by atoms with Crippen molar-refractivity contribution >= 4 is 35.7 Å². The summed E-state index contributed by atoms with van der Waals surface area (Å²) in [4.78, 5) is 31.4. The fourth-order valence-corrected chi connectivity index (χ4v) is 4.68. The normalized spacial score (nSPS) is 11.9. The summed E-state index contributed by atoms with van der Waals surface area (Å²) in [6.45, 7) is 6.68. The summed E-state index contributed by atoms with van der Waals surface area (Å²) < 4.78 is 60.7. The maximum atomic E-state index is 12.7. The molecule has 3 aromatic carbocycles. The minimum atomic E-state index is -3.40. The molecule has 0 saturated heterocycles. The van der Waals surface area contributed by atoms with Crippen molar-refractivity contribution in [2.24, 2.45) is 5.92 Å². The third-order valence-corrected chi connectivity index (χ3v) is 7.86. The van der Waals surface area contributed by atoms with Crippen LogP contribution in [0.15, 0.2) is 101 Å².